The lowest BCUT2D eigenvalue weighted by molar-refractivity contribution is -0.209. The number of aromatic nitrogens is 3. The average Bonchev–Trinajstić information content (AvgIpc) is 3.38. The van der Waals surface area contributed by atoms with Crippen molar-refractivity contribution in [2.24, 2.45) is 46.3 Å². The molecule has 10 atom stereocenters. The second-order valence-electron chi connectivity index (χ2n) is 10.7. The van der Waals surface area contributed by atoms with E-state index in [1.54, 1.807) is 9.36 Å². The molecule has 0 saturated heterocycles. The number of rotatable bonds is 1. The van der Waals surface area contributed by atoms with Crippen LogP contribution in [-0.4, -0.2) is 13.9 Å². The van der Waals surface area contributed by atoms with Gasteiger partial charge in [-0.1, -0.05) is 54.7 Å². The normalized spacial score (nSPS) is 51.1. The predicted octanol–water partition coefficient (Wildman–Crippen LogP) is 2.71. The molecule has 30 heavy (non-hydrogen) atoms. The highest BCUT2D eigenvalue weighted by Gasteiger charge is 2.96. The van der Waals surface area contributed by atoms with Gasteiger partial charge >= 0.3 is 11.4 Å². The van der Waals surface area contributed by atoms with Crippen molar-refractivity contribution >= 4 is 0 Å². The van der Waals surface area contributed by atoms with E-state index in [0.717, 1.165) is 0 Å². The van der Waals surface area contributed by atoms with Gasteiger partial charge in [-0.15, -0.1) is 0 Å². The Morgan fingerprint density at radius 1 is 0.800 bits per heavy atom. The van der Waals surface area contributed by atoms with E-state index in [1.807, 2.05) is 30.3 Å². The summed E-state index contributed by atoms with van der Waals surface area (Å²) in [5.41, 5.74) is 2.74. The van der Waals surface area contributed by atoms with E-state index >= 15 is 0 Å². The molecule has 8 aliphatic rings. The Bertz CT molecular complexity index is 1340. The first-order chi connectivity index (χ1) is 14.6. The summed E-state index contributed by atoms with van der Waals surface area (Å²) in [5, 5.41) is 0. The zero-order valence-corrected chi connectivity index (χ0v) is 16.4. The molecule has 4 bridgehead atoms. The number of hydrogen-bond acceptors (Lipinski definition) is 2. The third-order valence-electron chi connectivity index (χ3n) is 10.7. The van der Waals surface area contributed by atoms with E-state index < -0.39 is 0 Å². The van der Waals surface area contributed by atoms with Crippen LogP contribution in [0.5, 0.6) is 0 Å². The average molecular weight is 395 g/mol. The summed E-state index contributed by atoms with van der Waals surface area (Å²) >= 11 is 0. The van der Waals surface area contributed by atoms with Crippen molar-refractivity contribution in [3.05, 3.63) is 87.8 Å². The Morgan fingerprint density at radius 3 is 1.80 bits per heavy atom. The predicted molar refractivity (Wildman–Crippen MR) is 110 cm³/mol. The number of para-hydroxylation sites is 1. The van der Waals surface area contributed by atoms with Crippen molar-refractivity contribution in [3.8, 4) is 5.69 Å². The molecular weight excluding hydrogens is 374 g/mol. The van der Waals surface area contributed by atoms with E-state index in [2.05, 4.69) is 12.2 Å². The van der Waals surface area contributed by atoms with E-state index in [9.17, 15) is 9.59 Å². The van der Waals surface area contributed by atoms with Gasteiger partial charge in [0.2, 0.25) is 0 Å². The molecule has 8 unspecified atom stereocenters. The van der Waals surface area contributed by atoms with E-state index in [0.29, 0.717) is 41.2 Å². The summed E-state index contributed by atoms with van der Waals surface area (Å²) in [4.78, 5) is 27.4. The highest BCUT2D eigenvalue weighted by molar-refractivity contribution is 5.61. The van der Waals surface area contributed by atoms with Crippen LogP contribution in [0.3, 0.4) is 0 Å². The molecule has 2 aromatic rings. The van der Waals surface area contributed by atoms with Crippen LogP contribution in [0, 0.1) is 46.3 Å². The van der Waals surface area contributed by atoms with Gasteiger partial charge in [-0.3, -0.25) is 0 Å². The first-order valence-electron chi connectivity index (χ1n) is 11.2. The molecule has 5 fully saturated rings. The zero-order chi connectivity index (χ0) is 19.9. The monoisotopic (exact) mass is 395 g/mol. The second kappa shape index (κ2) is 3.91. The fraction of sp³-hybridized carbons (Fsp3) is 0.440. The van der Waals surface area contributed by atoms with Crippen molar-refractivity contribution in [1.29, 1.82) is 0 Å². The third-order valence-corrected chi connectivity index (χ3v) is 10.7. The van der Waals surface area contributed by atoms with E-state index in [4.69, 9.17) is 13.2 Å². The lowest BCUT2D eigenvalue weighted by atomic mass is 9.32. The minimum Gasteiger partial charge on any atom is -0.245 e. The molecule has 10 rings (SSSR count). The fourth-order valence-corrected chi connectivity index (χ4v) is 10.7. The minimum absolute atomic E-state index is 0.107. The molecule has 2 aliphatic heterocycles. The minimum atomic E-state index is -0.221. The highest BCUT2D eigenvalue weighted by atomic mass is 16.2. The summed E-state index contributed by atoms with van der Waals surface area (Å²) in [6.45, 7) is 9.40. The van der Waals surface area contributed by atoms with Crippen LogP contribution >= 0.6 is 0 Å². The summed E-state index contributed by atoms with van der Waals surface area (Å²) in [6, 6.07) is 9.08. The number of fused-ring (bicyclic) bond motifs is 1. The van der Waals surface area contributed by atoms with Gasteiger partial charge in [0.1, 0.15) is 0 Å². The van der Waals surface area contributed by atoms with Crippen molar-refractivity contribution in [2.75, 3.05) is 0 Å². The van der Waals surface area contributed by atoms with Gasteiger partial charge in [-0.25, -0.2) is 23.5 Å². The number of hydrogen-bond donors (Lipinski definition) is 0. The van der Waals surface area contributed by atoms with E-state index in [-0.39, 0.29) is 34.3 Å². The smallest absolute Gasteiger partial charge is 0.245 e. The van der Waals surface area contributed by atoms with Crippen LogP contribution < -0.4 is 11.4 Å². The lowest BCUT2D eigenvalue weighted by Crippen LogP contribution is -2.74. The Morgan fingerprint density at radius 2 is 1.30 bits per heavy atom. The molecule has 5 saturated carbocycles. The van der Waals surface area contributed by atoms with Gasteiger partial charge in [0.15, 0.2) is 0 Å². The Kier molecular flexibility index (Phi) is 1.96. The van der Waals surface area contributed by atoms with Crippen LogP contribution in [0.1, 0.15) is 18.5 Å². The van der Waals surface area contributed by atoms with Crippen LogP contribution in [0.2, 0.25) is 0 Å². The number of allylic oxidation sites excluding steroid dienone is 4. The highest BCUT2D eigenvalue weighted by Crippen LogP contribution is 2.99. The maximum Gasteiger partial charge on any atom is 0.352 e. The summed E-state index contributed by atoms with van der Waals surface area (Å²) in [6.07, 6.45) is 5.72. The van der Waals surface area contributed by atoms with E-state index in [1.165, 1.54) is 22.1 Å². The van der Waals surface area contributed by atoms with Crippen LogP contribution in [0.4, 0.5) is 0 Å². The first-order valence-corrected chi connectivity index (χ1v) is 11.2. The maximum absolute atomic E-state index is 13.7. The van der Waals surface area contributed by atoms with Crippen molar-refractivity contribution < 1.29 is 0 Å². The third kappa shape index (κ3) is 0.970. The van der Waals surface area contributed by atoms with Crippen LogP contribution in [-0.2, 0) is 0 Å². The topological polar surface area (TPSA) is 48.9 Å². The largest absolute Gasteiger partial charge is 0.352 e. The van der Waals surface area contributed by atoms with Crippen LogP contribution in [0.25, 0.3) is 5.69 Å². The Balaban J connectivity index is 1.42. The molecule has 1 aromatic heterocycles. The lowest BCUT2D eigenvalue weighted by Gasteiger charge is -2.74. The fourth-order valence-electron chi connectivity index (χ4n) is 10.7. The zero-order valence-electron chi connectivity index (χ0n) is 16.4. The maximum atomic E-state index is 13.7. The van der Waals surface area contributed by atoms with Gasteiger partial charge in [-0.05, 0) is 54.1 Å². The SMILES string of the molecule is C=C1C2C3CC4C2C(=C)C25C4C3C12[C@@H]1C=C[C@H]5n2c(=O)n(-c3ccccc3)c(=O)n21. The molecule has 148 valence electrons. The van der Waals surface area contributed by atoms with Crippen molar-refractivity contribution in [3.63, 3.8) is 0 Å². The molecule has 6 aliphatic carbocycles. The standard InChI is InChI=1S/C25H21N3O2/c1-11-18-14-10-15-19(18)12(2)25-17-9-8-16(24(11,25)20(14)21(15)25)27-22(29)26(23(30)28(17)27)13-6-4-3-5-7-13/h3-9,14-21H,1-2,10H2/t14?,15?,16-,17+,18?,19?,20?,21?,24?,25?. The molecule has 0 amide bonds. The second-order valence-corrected chi connectivity index (χ2v) is 10.7. The van der Waals surface area contributed by atoms with Crippen molar-refractivity contribution in [2.45, 2.75) is 18.5 Å². The molecule has 0 radical (unpaired) electrons. The summed E-state index contributed by atoms with van der Waals surface area (Å²) in [5.74, 6) is 3.76. The van der Waals surface area contributed by atoms with Gasteiger partial charge < -0.3 is 0 Å². The van der Waals surface area contributed by atoms with Crippen LogP contribution in [0.15, 0.2) is 76.4 Å². The molecule has 5 nitrogen and oxygen atoms in total. The Hall–Kier alpha value is -2.82. The number of nitrogens with zero attached hydrogens (tertiary/aromatic N) is 3. The van der Waals surface area contributed by atoms with Crippen molar-refractivity contribution in [1.82, 2.24) is 13.9 Å². The molecule has 3 heterocycles. The molecular formula is C25H21N3O2. The summed E-state index contributed by atoms with van der Waals surface area (Å²) in [7, 11) is 0. The van der Waals surface area contributed by atoms with Gasteiger partial charge in [0, 0.05) is 10.8 Å². The quantitative estimate of drug-likeness (QED) is 0.697. The van der Waals surface area contributed by atoms with Gasteiger partial charge in [0.05, 0.1) is 17.8 Å². The molecule has 2 spiro atoms. The van der Waals surface area contributed by atoms with Gasteiger partial charge in [-0.2, -0.15) is 0 Å². The number of benzene rings is 1. The van der Waals surface area contributed by atoms with Gasteiger partial charge in [0.25, 0.3) is 0 Å². The Labute approximate surface area is 172 Å². The molecule has 1 aromatic carbocycles. The summed E-state index contributed by atoms with van der Waals surface area (Å²) < 4.78 is 4.93. The molecule has 0 N–H and O–H groups in total. The first kappa shape index (κ1) is 15.1. The molecule has 5 heteroatoms.